The molecule has 0 saturated carbocycles. The van der Waals surface area contributed by atoms with Crippen molar-refractivity contribution >= 4 is 5.97 Å². The Kier molecular flexibility index (Phi) is 3.99. The quantitative estimate of drug-likeness (QED) is 0.515. The van der Waals surface area contributed by atoms with Crippen molar-refractivity contribution in [3.63, 3.8) is 0 Å². The van der Waals surface area contributed by atoms with E-state index in [0.29, 0.717) is 0 Å². The molecule has 0 aliphatic carbocycles. The fourth-order valence-electron chi connectivity index (χ4n) is 0.355. The summed E-state index contributed by atoms with van der Waals surface area (Å²) in [6.45, 7) is 2.91. The number of nitrogens with two attached hydrogens (primary N) is 1. The second-order valence-electron chi connectivity index (χ2n) is 2.23. The average molecular weight is 147 g/mol. The van der Waals surface area contributed by atoms with Crippen LogP contribution in [0.15, 0.2) is 0 Å². The molecule has 0 aliphatic heterocycles. The summed E-state index contributed by atoms with van der Waals surface area (Å²) in [4.78, 5) is 10.2. The van der Waals surface area contributed by atoms with Crippen molar-refractivity contribution in [3.05, 3.63) is 0 Å². The molecule has 3 N–H and O–H groups in total. The van der Waals surface area contributed by atoms with Crippen molar-refractivity contribution in [1.82, 2.24) is 0 Å². The fraction of sp³-hybridized carbons (Fsp3) is 0.833. The highest BCUT2D eigenvalue weighted by Crippen LogP contribution is 1.89. The van der Waals surface area contributed by atoms with Gasteiger partial charge in [0, 0.05) is 13.0 Å². The standard InChI is InChI=1S/C6H13NO3/c1-4(7)6(9)3-10-5(2)8/h4,6,9H,3,7H2,1-2H3/t4-,6?/m0/s1. The van der Waals surface area contributed by atoms with Gasteiger partial charge in [0.1, 0.15) is 12.7 Å². The van der Waals surface area contributed by atoms with Crippen LogP contribution in [0.1, 0.15) is 13.8 Å². The second-order valence-corrected chi connectivity index (χ2v) is 2.23. The van der Waals surface area contributed by atoms with E-state index in [4.69, 9.17) is 10.8 Å². The van der Waals surface area contributed by atoms with Crippen LogP contribution in [0, 0.1) is 0 Å². The topological polar surface area (TPSA) is 72.5 Å². The molecule has 4 heteroatoms. The Morgan fingerprint density at radius 3 is 2.60 bits per heavy atom. The molecule has 0 amide bonds. The Bertz CT molecular complexity index is 114. The zero-order valence-corrected chi connectivity index (χ0v) is 6.20. The van der Waals surface area contributed by atoms with Gasteiger partial charge in [0.15, 0.2) is 0 Å². The molecule has 0 aromatic heterocycles. The van der Waals surface area contributed by atoms with Crippen LogP contribution < -0.4 is 5.73 Å². The van der Waals surface area contributed by atoms with Gasteiger partial charge in [-0.1, -0.05) is 0 Å². The van der Waals surface area contributed by atoms with Crippen molar-refractivity contribution in [3.8, 4) is 0 Å². The van der Waals surface area contributed by atoms with Crippen LogP contribution in [0.2, 0.25) is 0 Å². The normalized spacial score (nSPS) is 16.0. The molecule has 0 aromatic carbocycles. The monoisotopic (exact) mass is 147 g/mol. The molecule has 0 radical (unpaired) electrons. The van der Waals surface area contributed by atoms with E-state index in [1.54, 1.807) is 6.92 Å². The Hall–Kier alpha value is -0.610. The van der Waals surface area contributed by atoms with Crippen LogP contribution in [-0.2, 0) is 9.53 Å². The van der Waals surface area contributed by atoms with Gasteiger partial charge < -0.3 is 15.6 Å². The fourth-order valence-corrected chi connectivity index (χ4v) is 0.355. The molecule has 0 bridgehead atoms. The van der Waals surface area contributed by atoms with Gasteiger partial charge in [-0.3, -0.25) is 4.79 Å². The summed E-state index contributed by atoms with van der Waals surface area (Å²) >= 11 is 0. The first kappa shape index (κ1) is 9.39. The van der Waals surface area contributed by atoms with Gasteiger partial charge >= 0.3 is 5.97 Å². The third kappa shape index (κ3) is 4.29. The molecule has 0 heterocycles. The minimum atomic E-state index is -0.760. The number of hydrogen-bond donors (Lipinski definition) is 2. The molecular weight excluding hydrogens is 134 g/mol. The first-order valence-corrected chi connectivity index (χ1v) is 3.11. The lowest BCUT2D eigenvalue weighted by molar-refractivity contribution is -0.144. The summed E-state index contributed by atoms with van der Waals surface area (Å²) < 4.78 is 4.50. The molecule has 0 rings (SSSR count). The maximum Gasteiger partial charge on any atom is 0.302 e. The van der Waals surface area contributed by atoms with Gasteiger partial charge in [0.05, 0.1) is 0 Å². The summed E-state index contributed by atoms with van der Waals surface area (Å²) in [5.74, 6) is -0.403. The maximum atomic E-state index is 10.2. The predicted molar refractivity (Wildman–Crippen MR) is 36.3 cm³/mol. The number of esters is 1. The SMILES string of the molecule is CC(=O)OCC(O)[C@H](C)N. The van der Waals surface area contributed by atoms with E-state index in [0.717, 1.165) is 0 Å². The Morgan fingerprint density at radius 1 is 1.80 bits per heavy atom. The molecule has 60 valence electrons. The van der Waals surface area contributed by atoms with Crippen molar-refractivity contribution in [1.29, 1.82) is 0 Å². The number of ether oxygens (including phenoxy) is 1. The zero-order valence-electron chi connectivity index (χ0n) is 6.20. The van der Waals surface area contributed by atoms with Crippen LogP contribution in [0.3, 0.4) is 0 Å². The molecule has 0 fully saturated rings. The summed E-state index contributed by atoms with van der Waals surface area (Å²) in [6.07, 6.45) is -0.760. The van der Waals surface area contributed by atoms with E-state index >= 15 is 0 Å². The summed E-state index contributed by atoms with van der Waals surface area (Å²) in [5, 5.41) is 8.97. The number of carbonyl (C=O) groups excluding carboxylic acids is 1. The number of rotatable bonds is 3. The van der Waals surface area contributed by atoms with Crippen molar-refractivity contribution in [2.75, 3.05) is 6.61 Å². The second kappa shape index (κ2) is 4.24. The molecule has 10 heavy (non-hydrogen) atoms. The van der Waals surface area contributed by atoms with Gasteiger partial charge in [0.2, 0.25) is 0 Å². The highest BCUT2D eigenvalue weighted by Gasteiger charge is 2.10. The van der Waals surface area contributed by atoms with E-state index < -0.39 is 12.1 Å². The molecule has 2 atom stereocenters. The predicted octanol–water partition coefficient (Wildman–Crippen LogP) is -0.742. The lowest BCUT2D eigenvalue weighted by Crippen LogP contribution is -2.35. The first-order valence-electron chi connectivity index (χ1n) is 3.11. The molecule has 0 saturated heterocycles. The highest BCUT2D eigenvalue weighted by atomic mass is 16.5. The largest absolute Gasteiger partial charge is 0.463 e. The van der Waals surface area contributed by atoms with E-state index in [9.17, 15) is 4.79 Å². The Labute approximate surface area is 60.0 Å². The van der Waals surface area contributed by atoms with Gasteiger partial charge in [0.25, 0.3) is 0 Å². The van der Waals surface area contributed by atoms with Crippen molar-refractivity contribution < 1.29 is 14.6 Å². The van der Waals surface area contributed by atoms with E-state index in [1.807, 2.05) is 0 Å². The maximum absolute atomic E-state index is 10.2. The van der Waals surface area contributed by atoms with E-state index in [2.05, 4.69) is 4.74 Å². The zero-order chi connectivity index (χ0) is 8.15. The smallest absolute Gasteiger partial charge is 0.302 e. The average Bonchev–Trinajstić information content (AvgIpc) is 1.82. The molecule has 1 unspecified atom stereocenters. The Morgan fingerprint density at radius 2 is 2.30 bits per heavy atom. The molecule has 0 aliphatic rings. The van der Waals surface area contributed by atoms with E-state index in [1.165, 1.54) is 6.92 Å². The lowest BCUT2D eigenvalue weighted by Gasteiger charge is -2.12. The summed E-state index contributed by atoms with van der Waals surface area (Å²) in [6, 6.07) is -0.362. The third-order valence-corrected chi connectivity index (χ3v) is 1.06. The van der Waals surface area contributed by atoms with Gasteiger partial charge in [-0.25, -0.2) is 0 Å². The van der Waals surface area contributed by atoms with Gasteiger partial charge in [-0.2, -0.15) is 0 Å². The minimum absolute atomic E-state index is 0.0208. The summed E-state index contributed by atoms with van der Waals surface area (Å²) in [7, 11) is 0. The van der Waals surface area contributed by atoms with E-state index in [-0.39, 0.29) is 12.6 Å². The Balaban J connectivity index is 3.39. The van der Waals surface area contributed by atoms with Crippen LogP contribution in [0.4, 0.5) is 0 Å². The number of hydrogen-bond acceptors (Lipinski definition) is 4. The van der Waals surface area contributed by atoms with Crippen LogP contribution in [-0.4, -0.2) is 29.8 Å². The van der Waals surface area contributed by atoms with Crippen molar-refractivity contribution in [2.24, 2.45) is 5.73 Å². The molecular formula is C6H13NO3. The van der Waals surface area contributed by atoms with Crippen molar-refractivity contribution in [2.45, 2.75) is 26.0 Å². The molecule has 0 aromatic rings. The summed E-state index contributed by atoms with van der Waals surface area (Å²) in [5.41, 5.74) is 5.28. The van der Waals surface area contributed by atoms with Crippen LogP contribution >= 0.6 is 0 Å². The number of aliphatic hydroxyl groups is 1. The first-order chi connectivity index (χ1) is 4.54. The molecule has 4 nitrogen and oxygen atoms in total. The molecule has 0 spiro atoms. The third-order valence-electron chi connectivity index (χ3n) is 1.06. The lowest BCUT2D eigenvalue weighted by atomic mass is 10.2. The van der Waals surface area contributed by atoms with Gasteiger partial charge in [-0.15, -0.1) is 0 Å². The van der Waals surface area contributed by atoms with Crippen LogP contribution in [0.5, 0.6) is 0 Å². The minimum Gasteiger partial charge on any atom is -0.463 e. The number of carbonyl (C=O) groups is 1. The van der Waals surface area contributed by atoms with Crippen LogP contribution in [0.25, 0.3) is 0 Å². The van der Waals surface area contributed by atoms with Gasteiger partial charge in [-0.05, 0) is 6.92 Å². The number of aliphatic hydroxyl groups excluding tert-OH is 1. The highest BCUT2D eigenvalue weighted by molar-refractivity contribution is 5.65.